The molecule has 1 saturated heterocycles. The Labute approximate surface area is 162 Å². The van der Waals surface area contributed by atoms with Gasteiger partial charge in [-0.15, -0.1) is 0 Å². The molecule has 0 unspecified atom stereocenters. The molecule has 28 heavy (non-hydrogen) atoms. The van der Waals surface area contributed by atoms with E-state index in [2.05, 4.69) is 10.4 Å². The van der Waals surface area contributed by atoms with Crippen molar-refractivity contribution in [3.63, 3.8) is 0 Å². The molecule has 0 radical (unpaired) electrons. The van der Waals surface area contributed by atoms with Crippen molar-refractivity contribution in [2.75, 3.05) is 25.9 Å². The number of carbonyl (C=O) groups is 1. The average Bonchev–Trinajstić information content (AvgIpc) is 3.00. The van der Waals surface area contributed by atoms with E-state index in [-0.39, 0.29) is 24.9 Å². The van der Waals surface area contributed by atoms with Crippen molar-refractivity contribution in [3.8, 4) is 0 Å². The van der Waals surface area contributed by atoms with Crippen molar-refractivity contribution in [2.24, 2.45) is 5.92 Å². The van der Waals surface area contributed by atoms with Gasteiger partial charge in [0, 0.05) is 36.8 Å². The van der Waals surface area contributed by atoms with Crippen LogP contribution in [0.4, 0.5) is 13.2 Å². The molecule has 158 valence electrons. The second-order valence-electron chi connectivity index (χ2n) is 7.43. The molecule has 2 aliphatic rings. The first-order valence-electron chi connectivity index (χ1n) is 9.46. The molecular formula is C17H25F3N4O3S. The minimum Gasteiger partial charge on any atom is -0.354 e. The zero-order chi connectivity index (χ0) is 20.5. The normalized spacial score (nSPS) is 19.4. The maximum absolute atomic E-state index is 13.2. The molecule has 0 spiro atoms. The van der Waals surface area contributed by atoms with Gasteiger partial charge in [-0.25, -0.2) is 12.7 Å². The Morgan fingerprint density at radius 1 is 1.21 bits per heavy atom. The van der Waals surface area contributed by atoms with E-state index in [1.807, 2.05) is 0 Å². The SMILES string of the molecule is CS(=O)(=O)N1CCC(C(=O)NCCn2nc(C(F)(F)F)c3c2CCCC3)CC1. The number of amides is 1. The number of nitrogens with zero attached hydrogens (tertiary/aromatic N) is 3. The second-order valence-corrected chi connectivity index (χ2v) is 9.41. The number of carbonyl (C=O) groups excluding carboxylic acids is 1. The highest BCUT2D eigenvalue weighted by molar-refractivity contribution is 7.88. The van der Waals surface area contributed by atoms with Crippen LogP contribution in [0.5, 0.6) is 0 Å². The van der Waals surface area contributed by atoms with Crippen molar-refractivity contribution in [1.29, 1.82) is 0 Å². The minimum atomic E-state index is -4.47. The third kappa shape index (κ3) is 4.68. The van der Waals surface area contributed by atoms with E-state index in [1.54, 1.807) is 0 Å². The van der Waals surface area contributed by atoms with Crippen molar-refractivity contribution in [1.82, 2.24) is 19.4 Å². The standard InChI is InChI=1S/C17H25F3N4O3S/c1-28(26,27)23-9-6-12(7-10-23)16(25)21-8-11-24-14-5-3-2-4-13(14)15(22-24)17(18,19)20/h12H,2-11H2,1H3,(H,21,25). The number of nitrogens with one attached hydrogen (secondary N) is 1. The number of piperidine rings is 1. The van der Waals surface area contributed by atoms with Crippen LogP contribution in [0.3, 0.4) is 0 Å². The minimum absolute atomic E-state index is 0.187. The van der Waals surface area contributed by atoms with E-state index in [4.69, 9.17) is 0 Å². The summed E-state index contributed by atoms with van der Waals surface area (Å²) >= 11 is 0. The highest BCUT2D eigenvalue weighted by atomic mass is 32.2. The Hall–Kier alpha value is -1.62. The van der Waals surface area contributed by atoms with Gasteiger partial charge in [-0.2, -0.15) is 18.3 Å². The van der Waals surface area contributed by atoms with Crippen LogP contribution in [0.25, 0.3) is 0 Å². The molecular weight excluding hydrogens is 397 g/mol. The van der Waals surface area contributed by atoms with Crippen molar-refractivity contribution in [2.45, 2.75) is 51.2 Å². The summed E-state index contributed by atoms with van der Waals surface area (Å²) in [5.41, 5.74) is 0.106. The zero-order valence-corrected chi connectivity index (χ0v) is 16.6. The van der Waals surface area contributed by atoms with Gasteiger partial charge in [-0.3, -0.25) is 9.48 Å². The number of alkyl halides is 3. The Morgan fingerprint density at radius 2 is 1.86 bits per heavy atom. The van der Waals surface area contributed by atoms with Crippen molar-refractivity contribution < 1.29 is 26.4 Å². The van der Waals surface area contributed by atoms with Crippen LogP contribution < -0.4 is 5.32 Å². The van der Waals surface area contributed by atoms with Crippen LogP contribution >= 0.6 is 0 Å². The molecule has 1 aliphatic heterocycles. The van der Waals surface area contributed by atoms with Gasteiger partial charge in [0.25, 0.3) is 0 Å². The largest absolute Gasteiger partial charge is 0.435 e. The van der Waals surface area contributed by atoms with Crippen molar-refractivity contribution in [3.05, 3.63) is 17.0 Å². The molecule has 1 aromatic rings. The number of hydrogen-bond donors (Lipinski definition) is 1. The summed E-state index contributed by atoms with van der Waals surface area (Å²) < 4.78 is 65.4. The van der Waals surface area contributed by atoms with E-state index in [1.165, 1.54) is 8.99 Å². The lowest BCUT2D eigenvalue weighted by atomic mass is 9.95. The summed E-state index contributed by atoms with van der Waals surface area (Å²) in [6.07, 6.45) is 0.0666. The Kier molecular flexibility index (Phi) is 6.04. The van der Waals surface area contributed by atoms with E-state index in [9.17, 15) is 26.4 Å². The zero-order valence-electron chi connectivity index (χ0n) is 15.8. The van der Waals surface area contributed by atoms with Gasteiger partial charge in [0.15, 0.2) is 5.69 Å². The average molecular weight is 422 g/mol. The number of halogens is 3. The highest BCUT2D eigenvalue weighted by Crippen LogP contribution is 2.35. The maximum atomic E-state index is 13.2. The van der Waals surface area contributed by atoms with E-state index in [0.717, 1.165) is 19.1 Å². The second kappa shape index (κ2) is 8.02. The molecule has 0 atom stereocenters. The number of fused-ring (bicyclic) bond motifs is 1. The molecule has 0 saturated carbocycles. The van der Waals surface area contributed by atoms with Gasteiger partial charge >= 0.3 is 6.18 Å². The van der Waals surface area contributed by atoms with Gasteiger partial charge in [-0.1, -0.05) is 0 Å². The first-order valence-corrected chi connectivity index (χ1v) is 11.3. The molecule has 1 N–H and O–H groups in total. The third-order valence-electron chi connectivity index (χ3n) is 5.44. The predicted molar refractivity (Wildman–Crippen MR) is 96.0 cm³/mol. The van der Waals surface area contributed by atoms with E-state index < -0.39 is 21.9 Å². The lowest BCUT2D eigenvalue weighted by Crippen LogP contribution is -2.43. The third-order valence-corrected chi connectivity index (χ3v) is 6.75. The van der Waals surface area contributed by atoms with E-state index in [0.29, 0.717) is 50.0 Å². The molecule has 11 heteroatoms. The molecule has 1 aliphatic carbocycles. The summed E-state index contributed by atoms with van der Waals surface area (Å²) in [6, 6.07) is 0. The predicted octanol–water partition coefficient (Wildman–Crippen LogP) is 1.57. The highest BCUT2D eigenvalue weighted by Gasteiger charge is 2.39. The monoisotopic (exact) mass is 422 g/mol. The van der Waals surface area contributed by atoms with Gasteiger partial charge in [-0.05, 0) is 38.5 Å². The number of rotatable bonds is 5. The Morgan fingerprint density at radius 3 is 2.46 bits per heavy atom. The summed E-state index contributed by atoms with van der Waals surface area (Å²) in [5, 5.41) is 6.54. The Bertz CT molecular complexity index is 827. The van der Waals surface area contributed by atoms with Crippen LogP contribution in [0, 0.1) is 5.92 Å². The van der Waals surface area contributed by atoms with Crippen LogP contribution in [0.15, 0.2) is 0 Å². The van der Waals surface area contributed by atoms with Crippen molar-refractivity contribution >= 4 is 15.9 Å². The van der Waals surface area contributed by atoms with Crippen LogP contribution in [0.1, 0.15) is 42.6 Å². The van der Waals surface area contributed by atoms with E-state index >= 15 is 0 Å². The van der Waals surface area contributed by atoms with Crippen LogP contribution in [-0.4, -0.2) is 54.3 Å². The molecule has 0 bridgehead atoms. The summed E-state index contributed by atoms with van der Waals surface area (Å²) in [5.74, 6) is -0.472. The van der Waals surface area contributed by atoms with Gasteiger partial charge in [0.2, 0.25) is 15.9 Å². The fourth-order valence-electron chi connectivity index (χ4n) is 3.96. The molecule has 1 amide bonds. The number of hydrogen-bond acceptors (Lipinski definition) is 4. The quantitative estimate of drug-likeness (QED) is 0.781. The first-order chi connectivity index (χ1) is 13.1. The lowest BCUT2D eigenvalue weighted by molar-refractivity contribution is -0.142. The summed E-state index contributed by atoms with van der Waals surface area (Å²) in [7, 11) is -3.25. The smallest absolute Gasteiger partial charge is 0.354 e. The molecule has 3 rings (SSSR count). The maximum Gasteiger partial charge on any atom is 0.435 e. The Balaban J connectivity index is 1.56. The van der Waals surface area contributed by atoms with Crippen LogP contribution in [0.2, 0.25) is 0 Å². The molecule has 1 aromatic heterocycles. The van der Waals surface area contributed by atoms with Gasteiger partial charge in [0.1, 0.15) is 0 Å². The van der Waals surface area contributed by atoms with Crippen LogP contribution in [-0.2, 0) is 40.4 Å². The topological polar surface area (TPSA) is 84.3 Å². The number of sulfonamides is 1. The molecule has 1 fully saturated rings. The molecule has 2 heterocycles. The molecule has 0 aromatic carbocycles. The molecule has 7 nitrogen and oxygen atoms in total. The fourth-order valence-corrected chi connectivity index (χ4v) is 4.84. The fraction of sp³-hybridized carbons (Fsp3) is 0.765. The van der Waals surface area contributed by atoms with Gasteiger partial charge in [0.05, 0.1) is 12.8 Å². The summed E-state index contributed by atoms with van der Waals surface area (Å²) in [6.45, 7) is 0.986. The van der Waals surface area contributed by atoms with Gasteiger partial charge < -0.3 is 5.32 Å². The summed E-state index contributed by atoms with van der Waals surface area (Å²) in [4.78, 5) is 12.3. The number of aromatic nitrogens is 2. The lowest BCUT2D eigenvalue weighted by Gasteiger charge is -2.29. The first kappa shape index (κ1) is 21.1.